The minimum atomic E-state index is 0.466. The minimum absolute atomic E-state index is 0.466. The van der Waals surface area contributed by atoms with Crippen LogP contribution in [0.4, 0.5) is 0 Å². The Labute approximate surface area is 80.2 Å². The van der Waals surface area contributed by atoms with E-state index in [0.29, 0.717) is 5.41 Å². The first-order valence-corrected chi connectivity index (χ1v) is 5.08. The summed E-state index contributed by atoms with van der Waals surface area (Å²) in [6, 6.07) is 0. The maximum absolute atomic E-state index is 5.62. The zero-order valence-corrected chi connectivity index (χ0v) is 8.09. The molecule has 0 aromatic heterocycles. The minimum Gasteiger partial charge on any atom is -0.379 e. The third kappa shape index (κ3) is 1.87. The number of nitrogens with zero attached hydrogens (tertiary/aromatic N) is 1. The van der Waals surface area contributed by atoms with Crippen LogP contribution in [0.1, 0.15) is 19.3 Å². The summed E-state index contributed by atoms with van der Waals surface area (Å²) in [6.45, 7) is 4.74. The highest BCUT2D eigenvalue weighted by atomic mass is 16.5. The Bertz CT molecular complexity index is 215. The lowest BCUT2D eigenvalue weighted by molar-refractivity contribution is 0.0111. The van der Waals surface area contributed by atoms with Gasteiger partial charge in [0, 0.05) is 18.5 Å². The van der Waals surface area contributed by atoms with E-state index in [1.807, 2.05) is 0 Å². The zero-order valence-electron chi connectivity index (χ0n) is 8.09. The maximum atomic E-state index is 5.62. The van der Waals surface area contributed by atoms with Crippen LogP contribution in [-0.4, -0.2) is 37.7 Å². The fourth-order valence-electron chi connectivity index (χ4n) is 2.32. The number of terminal acetylenes is 1. The van der Waals surface area contributed by atoms with E-state index in [2.05, 4.69) is 10.8 Å². The van der Waals surface area contributed by atoms with Crippen LogP contribution in [0.2, 0.25) is 0 Å². The first-order chi connectivity index (χ1) is 6.35. The summed E-state index contributed by atoms with van der Waals surface area (Å²) in [5, 5.41) is 0. The molecule has 1 aliphatic carbocycles. The lowest BCUT2D eigenvalue weighted by Gasteiger charge is -2.42. The van der Waals surface area contributed by atoms with Crippen LogP contribution in [0.5, 0.6) is 0 Å². The van der Waals surface area contributed by atoms with Gasteiger partial charge in [-0.05, 0) is 12.8 Å². The van der Waals surface area contributed by atoms with E-state index in [1.165, 1.54) is 19.3 Å². The molecule has 2 aliphatic rings. The van der Waals surface area contributed by atoms with Crippen molar-refractivity contribution in [2.75, 3.05) is 32.8 Å². The molecule has 0 unspecified atom stereocenters. The van der Waals surface area contributed by atoms with E-state index in [1.54, 1.807) is 0 Å². The number of hydrogen-bond donors (Lipinski definition) is 0. The molecule has 2 nitrogen and oxygen atoms in total. The summed E-state index contributed by atoms with van der Waals surface area (Å²) in [5.41, 5.74) is 0.466. The largest absolute Gasteiger partial charge is 0.379 e. The number of rotatable bonds is 1. The average Bonchev–Trinajstić information content (AvgIpc) is 2.27. The van der Waals surface area contributed by atoms with Crippen LogP contribution in [-0.2, 0) is 4.74 Å². The lowest BCUT2D eigenvalue weighted by atomic mass is 9.69. The standard InChI is InChI=1S/C11H17NO/c1-2-6-12-7-8-13-10-11(9-12)4-3-5-11/h1H,3-10H2. The topological polar surface area (TPSA) is 12.5 Å². The van der Waals surface area contributed by atoms with Crippen molar-refractivity contribution >= 4 is 0 Å². The molecule has 1 heterocycles. The summed E-state index contributed by atoms with van der Waals surface area (Å²) in [6.07, 6.45) is 9.35. The van der Waals surface area contributed by atoms with Gasteiger partial charge in [-0.3, -0.25) is 4.90 Å². The van der Waals surface area contributed by atoms with E-state index in [-0.39, 0.29) is 0 Å². The summed E-state index contributed by atoms with van der Waals surface area (Å²) in [7, 11) is 0. The van der Waals surface area contributed by atoms with Gasteiger partial charge < -0.3 is 4.74 Å². The molecule has 2 rings (SSSR count). The predicted octanol–water partition coefficient (Wildman–Crippen LogP) is 1.12. The molecule has 0 radical (unpaired) electrons. The molecule has 0 atom stereocenters. The third-order valence-electron chi connectivity index (χ3n) is 3.25. The van der Waals surface area contributed by atoms with Crippen molar-refractivity contribution in [1.82, 2.24) is 4.90 Å². The SMILES string of the molecule is C#CCN1CCOCC2(CCC2)C1. The van der Waals surface area contributed by atoms with Gasteiger partial charge in [0.05, 0.1) is 19.8 Å². The maximum Gasteiger partial charge on any atom is 0.0599 e. The Morgan fingerprint density at radius 2 is 2.31 bits per heavy atom. The van der Waals surface area contributed by atoms with E-state index in [4.69, 9.17) is 11.2 Å². The van der Waals surface area contributed by atoms with Gasteiger partial charge in [-0.1, -0.05) is 12.3 Å². The van der Waals surface area contributed by atoms with Gasteiger partial charge in [0.25, 0.3) is 0 Å². The fourth-order valence-corrected chi connectivity index (χ4v) is 2.32. The second-order valence-electron chi connectivity index (χ2n) is 4.32. The molecule has 2 heteroatoms. The number of hydrogen-bond acceptors (Lipinski definition) is 2. The molecule has 0 N–H and O–H groups in total. The average molecular weight is 179 g/mol. The molecule has 1 saturated carbocycles. The van der Waals surface area contributed by atoms with Gasteiger partial charge in [0.15, 0.2) is 0 Å². The van der Waals surface area contributed by atoms with Crippen LogP contribution in [0.3, 0.4) is 0 Å². The van der Waals surface area contributed by atoms with Crippen LogP contribution in [0.25, 0.3) is 0 Å². The Morgan fingerprint density at radius 1 is 1.46 bits per heavy atom. The van der Waals surface area contributed by atoms with Crippen molar-refractivity contribution in [3.05, 3.63) is 0 Å². The first-order valence-electron chi connectivity index (χ1n) is 5.08. The molecule has 0 aromatic carbocycles. The number of ether oxygens (including phenoxy) is 1. The molecule has 0 aromatic rings. The predicted molar refractivity (Wildman–Crippen MR) is 52.4 cm³/mol. The van der Waals surface area contributed by atoms with Crippen LogP contribution < -0.4 is 0 Å². The van der Waals surface area contributed by atoms with Crippen LogP contribution >= 0.6 is 0 Å². The second-order valence-corrected chi connectivity index (χ2v) is 4.32. The van der Waals surface area contributed by atoms with Crippen molar-refractivity contribution in [3.63, 3.8) is 0 Å². The normalized spacial score (nSPS) is 27.6. The zero-order chi connectivity index (χ0) is 9.15. The highest BCUT2D eigenvalue weighted by Crippen LogP contribution is 2.42. The van der Waals surface area contributed by atoms with E-state index >= 15 is 0 Å². The molecule has 2 fully saturated rings. The van der Waals surface area contributed by atoms with E-state index in [9.17, 15) is 0 Å². The van der Waals surface area contributed by atoms with Gasteiger partial charge in [-0.25, -0.2) is 0 Å². The summed E-state index contributed by atoms with van der Waals surface area (Å²) in [4.78, 5) is 2.35. The molecular weight excluding hydrogens is 162 g/mol. The fraction of sp³-hybridized carbons (Fsp3) is 0.818. The summed E-state index contributed by atoms with van der Waals surface area (Å²) < 4.78 is 5.62. The van der Waals surface area contributed by atoms with Crippen LogP contribution in [0.15, 0.2) is 0 Å². The van der Waals surface area contributed by atoms with Crippen molar-refractivity contribution in [2.45, 2.75) is 19.3 Å². The highest BCUT2D eigenvalue weighted by molar-refractivity contribution is 4.95. The lowest BCUT2D eigenvalue weighted by Crippen LogP contribution is -2.43. The van der Waals surface area contributed by atoms with Gasteiger partial charge in [-0.15, -0.1) is 6.42 Å². The molecule has 72 valence electrons. The molecular formula is C11H17NO. The van der Waals surface area contributed by atoms with Crippen LogP contribution in [0, 0.1) is 17.8 Å². The van der Waals surface area contributed by atoms with Gasteiger partial charge in [-0.2, -0.15) is 0 Å². The molecule has 0 amide bonds. The van der Waals surface area contributed by atoms with E-state index in [0.717, 1.165) is 32.8 Å². The Kier molecular flexibility index (Phi) is 2.57. The molecule has 0 bridgehead atoms. The van der Waals surface area contributed by atoms with E-state index < -0.39 is 0 Å². The third-order valence-corrected chi connectivity index (χ3v) is 3.25. The quantitative estimate of drug-likeness (QED) is 0.559. The summed E-state index contributed by atoms with van der Waals surface area (Å²) >= 11 is 0. The molecule has 1 aliphatic heterocycles. The molecule has 1 saturated heterocycles. The summed E-state index contributed by atoms with van der Waals surface area (Å²) in [5.74, 6) is 2.72. The van der Waals surface area contributed by atoms with Gasteiger partial charge in [0.1, 0.15) is 0 Å². The molecule has 13 heavy (non-hydrogen) atoms. The van der Waals surface area contributed by atoms with Crippen molar-refractivity contribution in [3.8, 4) is 12.3 Å². The monoisotopic (exact) mass is 179 g/mol. The van der Waals surface area contributed by atoms with Crippen molar-refractivity contribution in [2.24, 2.45) is 5.41 Å². The molecule has 1 spiro atoms. The van der Waals surface area contributed by atoms with Crippen molar-refractivity contribution in [1.29, 1.82) is 0 Å². The highest BCUT2D eigenvalue weighted by Gasteiger charge is 2.39. The van der Waals surface area contributed by atoms with Gasteiger partial charge in [0.2, 0.25) is 0 Å². The van der Waals surface area contributed by atoms with Gasteiger partial charge >= 0.3 is 0 Å². The first kappa shape index (κ1) is 9.05. The Hall–Kier alpha value is -0.520. The Balaban J connectivity index is 1.95. The smallest absolute Gasteiger partial charge is 0.0599 e. The Morgan fingerprint density at radius 3 is 2.92 bits per heavy atom. The van der Waals surface area contributed by atoms with Crippen molar-refractivity contribution < 1.29 is 4.74 Å². The second kappa shape index (κ2) is 3.69.